The monoisotopic (exact) mass is 334 g/mol. The average Bonchev–Trinajstić information content (AvgIpc) is 2.43. The van der Waals surface area contributed by atoms with E-state index in [-0.39, 0.29) is 13.2 Å². The van der Waals surface area contributed by atoms with E-state index in [4.69, 9.17) is 11.6 Å². The van der Waals surface area contributed by atoms with Crippen molar-refractivity contribution < 1.29 is 32.6 Å². The van der Waals surface area contributed by atoms with Gasteiger partial charge < -0.3 is 9.47 Å². The molecule has 0 fully saturated rings. The highest BCUT2D eigenvalue weighted by Crippen LogP contribution is 2.22. The van der Waals surface area contributed by atoms with Crippen molar-refractivity contribution in [3.05, 3.63) is 34.4 Å². The van der Waals surface area contributed by atoms with Gasteiger partial charge in [-0.25, -0.2) is 8.78 Å². The molecule has 0 spiro atoms. The minimum absolute atomic E-state index is 0.0977. The number of Topliss-reactive ketones (excluding diaryl/α,β-unsaturated/α-hetero) is 1. The van der Waals surface area contributed by atoms with Crippen molar-refractivity contribution in [2.45, 2.75) is 13.8 Å². The summed E-state index contributed by atoms with van der Waals surface area (Å²) in [6, 6.07) is 1.10. The van der Waals surface area contributed by atoms with E-state index in [1.54, 1.807) is 0 Å². The lowest BCUT2D eigenvalue weighted by Gasteiger charge is -2.14. The minimum atomic E-state index is -2.02. The zero-order valence-electron chi connectivity index (χ0n) is 11.8. The number of ketones is 1. The van der Waals surface area contributed by atoms with E-state index in [1.807, 2.05) is 0 Å². The third-order valence-electron chi connectivity index (χ3n) is 2.58. The summed E-state index contributed by atoms with van der Waals surface area (Å²) in [5.41, 5.74) is -0.784. The summed E-state index contributed by atoms with van der Waals surface area (Å²) in [7, 11) is 0. The molecule has 0 saturated carbocycles. The maximum atomic E-state index is 13.8. The molecule has 0 heterocycles. The van der Waals surface area contributed by atoms with Crippen LogP contribution in [0.25, 0.3) is 0 Å². The normalized spacial score (nSPS) is 10.5. The minimum Gasteiger partial charge on any atom is -0.465 e. The first-order chi connectivity index (χ1) is 10.3. The molecule has 0 amide bonds. The van der Waals surface area contributed by atoms with Gasteiger partial charge in [0.2, 0.25) is 5.92 Å². The molecule has 0 bridgehead atoms. The van der Waals surface area contributed by atoms with Crippen LogP contribution in [0.15, 0.2) is 12.1 Å². The smallest absolute Gasteiger partial charge is 0.328 e. The molecule has 0 atom stereocenters. The fourth-order valence-corrected chi connectivity index (χ4v) is 1.78. The van der Waals surface area contributed by atoms with Gasteiger partial charge in [0.15, 0.2) is 5.78 Å². The van der Waals surface area contributed by atoms with Crippen LogP contribution in [0.4, 0.5) is 8.78 Å². The Balaban J connectivity index is 3.24. The van der Waals surface area contributed by atoms with Crippen LogP contribution in [0, 0.1) is 17.6 Å². The van der Waals surface area contributed by atoms with Gasteiger partial charge in [-0.3, -0.25) is 14.4 Å². The second kappa shape index (κ2) is 7.84. The third-order valence-corrected chi connectivity index (χ3v) is 2.87. The lowest BCUT2D eigenvalue weighted by Crippen LogP contribution is -2.35. The summed E-state index contributed by atoms with van der Waals surface area (Å²) in [5.74, 6) is -7.88. The predicted molar refractivity (Wildman–Crippen MR) is 72.5 cm³/mol. The van der Waals surface area contributed by atoms with Crippen molar-refractivity contribution in [1.82, 2.24) is 0 Å². The molecular formula is C14H13ClF2O5. The van der Waals surface area contributed by atoms with Crippen molar-refractivity contribution in [2.24, 2.45) is 5.92 Å². The summed E-state index contributed by atoms with van der Waals surface area (Å²) in [6.07, 6.45) is 0. The van der Waals surface area contributed by atoms with Crippen LogP contribution in [0.2, 0.25) is 5.02 Å². The van der Waals surface area contributed by atoms with E-state index < -0.39 is 45.9 Å². The van der Waals surface area contributed by atoms with E-state index in [1.165, 1.54) is 13.8 Å². The van der Waals surface area contributed by atoms with Crippen LogP contribution < -0.4 is 0 Å². The van der Waals surface area contributed by atoms with Crippen molar-refractivity contribution in [3.63, 3.8) is 0 Å². The molecule has 0 aromatic heterocycles. The van der Waals surface area contributed by atoms with E-state index in [0.29, 0.717) is 12.1 Å². The fourth-order valence-electron chi connectivity index (χ4n) is 1.63. The molecule has 1 aromatic rings. The van der Waals surface area contributed by atoms with E-state index in [2.05, 4.69) is 9.47 Å². The summed E-state index contributed by atoms with van der Waals surface area (Å²) < 4.78 is 36.4. The molecule has 1 aromatic carbocycles. The number of halogens is 3. The number of carbonyl (C=O) groups is 3. The van der Waals surface area contributed by atoms with E-state index >= 15 is 0 Å². The van der Waals surface area contributed by atoms with Crippen LogP contribution >= 0.6 is 11.6 Å². The van der Waals surface area contributed by atoms with Crippen LogP contribution in [0.1, 0.15) is 24.2 Å². The Morgan fingerprint density at radius 3 is 2.00 bits per heavy atom. The first-order valence-corrected chi connectivity index (χ1v) is 6.73. The highest BCUT2D eigenvalue weighted by Gasteiger charge is 2.38. The number of hydrogen-bond donors (Lipinski definition) is 0. The van der Waals surface area contributed by atoms with Crippen molar-refractivity contribution in [3.8, 4) is 0 Å². The van der Waals surface area contributed by atoms with Gasteiger partial charge in [0.25, 0.3) is 0 Å². The summed E-state index contributed by atoms with van der Waals surface area (Å²) >= 11 is 5.39. The third kappa shape index (κ3) is 4.00. The Morgan fingerprint density at radius 2 is 1.55 bits per heavy atom. The first kappa shape index (κ1) is 18.0. The second-order valence-electron chi connectivity index (χ2n) is 4.05. The van der Waals surface area contributed by atoms with Crippen LogP contribution in [-0.4, -0.2) is 30.9 Å². The Kier molecular flexibility index (Phi) is 6.42. The lowest BCUT2D eigenvalue weighted by atomic mass is 9.97. The standard InChI is InChI=1S/C14H13ClF2O5/c1-3-21-13(19)11(14(20)22-4-2)12(18)7-5-10(17)8(15)6-9(7)16/h5-6,11H,3-4H2,1-2H3. The molecule has 0 saturated heterocycles. The molecule has 22 heavy (non-hydrogen) atoms. The quantitative estimate of drug-likeness (QED) is 0.346. The molecule has 8 heteroatoms. The number of ether oxygens (including phenoxy) is 2. The number of esters is 2. The number of carbonyl (C=O) groups excluding carboxylic acids is 3. The molecule has 0 aliphatic carbocycles. The summed E-state index contributed by atoms with van der Waals surface area (Å²) in [6.45, 7) is 2.74. The van der Waals surface area contributed by atoms with Crippen molar-refractivity contribution in [1.29, 1.82) is 0 Å². The number of benzene rings is 1. The van der Waals surface area contributed by atoms with Gasteiger partial charge >= 0.3 is 11.9 Å². The predicted octanol–water partition coefficient (Wildman–Crippen LogP) is 2.54. The first-order valence-electron chi connectivity index (χ1n) is 6.35. The Bertz CT molecular complexity index is 585. The molecule has 0 aliphatic heterocycles. The zero-order valence-corrected chi connectivity index (χ0v) is 12.6. The van der Waals surface area contributed by atoms with Gasteiger partial charge in [0, 0.05) is 0 Å². The van der Waals surface area contributed by atoms with Gasteiger partial charge in [-0.2, -0.15) is 0 Å². The van der Waals surface area contributed by atoms with Gasteiger partial charge in [-0.05, 0) is 26.0 Å². The van der Waals surface area contributed by atoms with Gasteiger partial charge in [0.1, 0.15) is 11.6 Å². The molecule has 120 valence electrons. The Morgan fingerprint density at radius 1 is 1.05 bits per heavy atom. The summed E-state index contributed by atoms with van der Waals surface area (Å²) in [4.78, 5) is 35.7. The molecule has 0 unspecified atom stereocenters. The maximum absolute atomic E-state index is 13.8. The topological polar surface area (TPSA) is 69.7 Å². The van der Waals surface area contributed by atoms with Gasteiger partial charge in [0.05, 0.1) is 23.8 Å². The fraction of sp³-hybridized carbons (Fsp3) is 0.357. The molecule has 5 nitrogen and oxygen atoms in total. The van der Waals surface area contributed by atoms with Crippen molar-refractivity contribution >= 4 is 29.3 Å². The molecule has 1 rings (SSSR count). The molecule has 0 radical (unpaired) electrons. The zero-order chi connectivity index (χ0) is 16.9. The van der Waals surface area contributed by atoms with Crippen LogP contribution in [0.3, 0.4) is 0 Å². The van der Waals surface area contributed by atoms with E-state index in [9.17, 15) is 23.2 Å². The molecule has 0 N–H and O–H groups in total. The SMILES string of the molecule is CCOC(=O)C(C(=O)OCC)C(=O)c1cc(F)c(Cl)cc1F. The number of rotatable bonds is 6. The number of hydrogen-bond acceptors (Lipinski definition) is 5. The van der Waals surface area contributed by atoms with Gasteiger partial charge in [-0.1, -0.05) is 11.6 Å². The van der Waals surface area contributed by atoms with Crippen LogP contribution in [-0.2, 0) is 19.1 Å². The average molecular weight is 335 g/mol. The largest absolute Gasteiger partial charge is 0.465 e. The maximum Gasteiger partial charge on any atom is 0.328 e. The Hall–Kier alpha value is -2.02. The molecular weight excluding hydrogens is 322 g/mol. The Labute approximate surface area is 130 Å². The van der Waals surface area contributed by atoms with Crippen molar-refractivity contribution in [2.75, 3.05) is 13.2 Å². The lowest BCUT2D eigenvalue weighted by molar-refractivity contribution is -0.158. The molecule has 0 aliphatic rings. The van der Waals surface area contributed by atoms with Gasteiger partial charge in [-0.15, -0.1) is 0 Å². The highest BCUT2D eigenvalue weighted by molar-refractivity contribution is 6.31. The highest BCUT2D eigenvalue weighted by atomic mass is 35.5. The second-order valence-corrected chi connectivity index (χ2v) is 4.45. The van der Waals surface area contributed by atoms with E-state index in [0.717, 1.165) is 0 Å². The summed E-state index contributed by atoms with van der Waals surface area (Å²) in [5, 5.41) is -0.530. The van der Waals surface area contributed by atoms with Crippen LogP contribution in [0.5, 0.6) is 0 Å².